The van der Waals surface area contributed by atoms with Gasteiger partial charge in [-0.1, -0.05) is 194 Å². The molecule has 8 aromatic carbocycles. The molecule has 4 nitrogen and oxygen atoms in total. The van der Waals surface area contributed by atoms with Gasteiger partial charge in [0.05, 0.1) is 28.8 Å². The largest absolute Gasteiger partial charge is 0.256 e. The molecular weight excluding hydrogens is 813 g/mol. The van der Waals surface area contributed by atoms with Crippen molar-refractivity contribution in [3.8, 4) is 72.7 Å². The van der Waals surface area contributed by atoms with E-state index in [2.05, 4.69) is 230 Å². The SMILES string of the molecule is c1ccc(-c2ccc(-c3cc(-c4ccccc4)ncc3-c3ccccc3-c3cc(CCc4ccc(-n5ncc6ccccc65)cc4)cc(CCc4ccc(-c5ccccc5)nc4)c3)cc2)cc1. The zero-order chi connectivity index (χ0) is 44.8. The van der Waals surface area contributed by atoms with Crippen LogP contribution in [0.3, 0.4) is 0 Å². The van der Waals surface area contributed by atoms with Gasteiger partial charge >= 0.3 is 0 Å². The number of hydrogen-bond donors (Lipinski definition) is 0. The molecule has 0 aliphatic heterocycles. The predicted octanol–water partition coefficient (Wildman–Crippen LogP) is 15.4. The molecule has 0 radical (unpaired) electrons. The van der Waals surface area contributed by atoms with Gasteiger partial charge < -0.3 is 0 Å². The van der Waals surface area contributed by atoms with Crippen LogP contribution in [0.15, 0.2) is 243 Å². The van der Waals surface area contributed by atoms with Gasteiger partial charge in [-0.2, -0.15) is 5.10 Å². The number of hydrogen-bond acceptors (Lipinski definition) is 3. The van der Waals surface area contributed by atoms with Crippen molar-refractivity contribution in [1.82, 2.24) is 19.7 Å². The van der Waals surface area contributed by atoms with E-state index in [4.69, 9.17) is 9.97 Å². The fourth-order valence-electron chi connectivity index (χ4n) is 9.24. The molecule has 4 heteroatoms. The second-order valence-corrected chi connectivity index (χ2v) is 17.2. The monoisotopic (exact) mass is 860 g/mol. The van der Waals surface area contributed by atoms with Gasteiger partial charge in [-0.25, -0.2) is 4.68 Å². The Morgan fingerprint density at radius 3 is 1.52 bits per heavy atom. The number of rotatable bonds is 13. The summed E-state index contributed by atoms with van der Waals surface area (Å²) in [6, 6.07) is 80.3. The molecule has 320 valence electrons. The molecule has 0 aliphatic carbocycles. The lowest BCUT2D eigenvalue weighted by Crippen LogP contribution is -1.99. The molecular formula is C63H48N4. The standard InChI is InChI=1S/C63H48N4/c1-4-14-49(15-5-1)50-31-33-51(34-32-50)59-41-62(53-18-8-3-9-19-53)65-44-60(59)58-22-12-11-21-57(58)55-39-47(26-24-45-28-35-56(36-29-45)67-63-23-13-10-20-54(63)43-66-67)38-48(40-55)27-25-46-30-37-61(64-42-46)52-16-6-2-7-17-52/h1-23,28-44H,24-27H2. The predicted molar refractivity (Wildman–Crippen MR) is 277 cm³/mol. The zero-order valence-electron chi connectivity index (χ0n) is 37.2. The van der Waals surface area contributed by atoms with Gasteiger partial charge in [0.2, 0.25) is 0 Å². The average Bonchev–Trinajstić information content (AvgIpc) is 3.85. The molecule has 11 aromatic rings. The quantitative estimate of drug-likeness (QED) is 0.116. The number of aromatic nitrogens is 4. The van der Waals surface area contributed by atoms with Crippen LogP contribution in [0.5, 0.6) is 0 Å². The van der Waals surface area contributed by atoms with Gasteiger partial charge in [0.25, 0.3) is 0 Å². The normalized spacial score (nSPS) is 11.2. The Kier molecular flexibility index (Phi) is 11.7. The second-order valence-electron chi connectivity index (χ2n) is 17.2. The van der Waals surface area contributed by atoms with Crippen LogP contribution in [0.1, 0.15) is 22.3 Å². The molecule has 0 atom stereocenters. The van der Waals surface area contributed by atoms with Crippen LogP contribution >= 0.6 is 0 Å². The van der Waals surface area contributed by atoms with Crippen molar-refractivity contribution in [3.63, 3.8) is 0 Å². The lowest BCUT2D eigenvalue weighted by molar-refractivity contribution is 0.903. The van der Waals surface area contributed by atoms with Gasteiger partial charge in [0.1, 0.15) is 0 Å². The van der Waals surface area contributed by atoms with Crippen molar-refractivity contribution in [2.45, 2.75) is 25.7 Å². The Labute approximate surface area is 392 Å². The van der Waals surface area contributed by atoms with Crippen LogP contribution in [0, 0.1) is 0 Å². The first-order chi connectivity index (χ1) is 33.2. The first-order valence-electron chi connectivity index (χ1n) is 23.1. The molecule has 0 unspecified atom stereocenters. The molecule has 0 saturated heterocycles. The van der Waals surface area contributed by atoms with E-state index in [0.717, 1.165) is 87.0 Å². The van der Waals surface area contributed by atoms with Crippen molar-refractivity contribution in [1.29, 1.82) is 0 Å². The molecule has 11 rings (SSSR count). The van der Waals surface area contributed by atoms with E-state index >= 15 is 0 Å². The van der Waals surface area contributed by atoms with E-state index in [1.54, 1.807) is 0 Å². The van der Waals surface area contributed by atoms with E-state index < -0.39 is 0 Å². The van der Waals surface area contributed by atoms with Crippen LogP contribution < -0.4 is 0 Å². The fourth-order valence-corrected chi connectivity index (χ4v) is 9.24. The third-order valence-electron chi connectivity index (χ3n) is 12.8. The Morgan fingerprint density at radius 1 is 0.299 bits per heavy atom. The highest BCUT2D eigenvalue weighted by Gasteiger charge is 2.17. The summed E-state index contributed by atoms with van der Waals surface area (Å²) >= 11 is 0. The number of aryl methyl sites for hydroxylation is 4. The smallest absolute Gasteiger partial charge is 0.0741 e. The molecule has 67 heavy (non-hydrogen) atoms. The van der Waals surface area contributed by atoms with Gasteiger partial charge in [0, 0.05) is 34.5 Å². The number of benzene rings is 8. The number of para-hydroxylation sites is 1. The van der Waals surface area contributed by atoms with E-state index in [-0.39, 0.29) is 0 Å². The van der Waals surface area contributed by atoms with Crippen molar-refractivity contribution in [2.24, 2.45) is 0 Å². The van der Waals surface area contributed by atoms with Crippen molar-refractivity contribution in [2.75, 3.05) is 0 Å². The molecule has 0 N–H and O–H groups in total. The number of pyridine rings is 2. The van der Waals surface area contributed by atoms with Crippen molar-refractivity contribution >= 4 is 10.9 Å². The van der Waals surface area contributed by atoms with E-state index in [1.165, 1.54) is 44.5 Å². The Morgan fingerprint density at radius 2 is 0.836 bits per heavy atom. The molecule has 0 bridgehead atoms. The maximum Gasteiger partial charge on any atom is 0.0741 e. The second kappa shape index (κ2) is 18.9. The molecule has 0 spiro atoms. The lowest BCUT2D eigenvalue weighted by atomic mass is 9.87. The molecule has 0 aliphatic rings. The van der Waals surface area contributed by atoms with Crippen LogP contribution in [0.2, 0.25) is 0 Å². The maximum absolute atomic E-state index is 5.12. The Bertz CT molecular complexity index is 3410. The minimum Gasteiger partial charge on any atom is -0.256 e. The van der Waals surface area contributed by atoms with Crippen molar-refractivity contribution < 1.29 is 0 Å². The number of nitrogens with zero attached hydrogens (tertiary/aromatic N) is 4. The van der Waals surface area contributed by atoms with E-state index in [0.29, 0.717) is 0 Å². The van der Waals surface area contributed by atoms with Crippen LogP contribution in [0.25, 0.3) is 83.6 Å². The Hall–Kier alpha value is -8.47. The maximum atomic E-state index is 5.12. The zero-order valence-corrected chi connectivity index (χ0v) is 37.2. The van der Waals surface area contributed by atoms with Crippen LogP contribution in [-0.4, -0.2) is 19.7 Å². The summed E-state index contributed by atoms with van der Waals surface area (Å²) in [6.07, 6.45) is 9.67. The first kappa shape index (κ1) is 41.2. The highest BCUT2D eigenvalue weighted by Crippen LogP contribution is 2.40. The first-order valence-corrected chi connectivity index (χ1v) is 23.1. The summed E-state index contributed by atoms with van der Waals surface area (Å²) in [4.78, 5) is 9.98. The van der Waals surface area contributed by atoms with E-state index in [1.807, 2.05) is 23.1 Å². The third-order valence-corrected chi connectivity index (χ3v) is 12.8. The molecule has 3 aromatic heterocycles. The van der Waals surface area contributed by atoms with Gasteiger partial charge in [0.15, 0.2) is 0 Å². The molecule has 0 amide bonds. The lowest BCUT2D eigenvalue weighted by Gasteiger charge is -2.18. The minimum absolute atomic E-state index is 0.893. The van der Waals surface area contributed by atoms with Gasteiger partial charge in [-0.15, -0.1) is 0 Å². The summed E-state index contributed by atoms with van der Waals surface area (Å²) in [5.74, 6) is 0. The average molecular weight is 861 g/mol. The van der Waals surface area contributed by atoms with E-state index in [9.17, 15) is 0 Å². The highest BCUT2D eigenvalue weighted by atomic mass is 15.3. The summed E-state index contributed by atoms with van der Waals surface area (Å²) in [6.45, 7) is 0. The summed E-state index contributed by atoms with van der Waals surface area (Å²) in [5, 5.41) is 5.83. The summed E-state index contributed by atoms with van der Waals surface area (Å²) in [7, 11) is 0. The third kappa shape index (κ3) is 9.11. The summed E-state index contributed by atoms with van der Waals surface area (Å²) in [5.41, 5.74) is 20.8. The topological polar surface area (TPSA) is 43.6 Å². The Balaban J connectivity index is 0.947. The minimum atomic E-state index is 0.893. The van der Waals surface area contributed by atoms with Crippen molar-refractivity contribution in [3.05, 3.63) is 265 Å². The van der Waals surface area contributed by atoms with Crippen LogP contribution in [-0.2, 0) is 25.7 Å². The molecule has 0 saturated carbocycles. The molecule has 0 fully saturated rings. The molecule has 3 heterocycles. The highest BCUT2D eigenvalue weighted by molar-refractivity contribution is 5.93. The van der Waals surface area contributed by atoms with Gasteiger partial charge in [-0.05, 0) is 117 Å². The summed E-state index contributed by atoms with van der Waals surface area (Å²) < 4.78 is 2.02. The fraction of sp³-hybridized carbons (Fsp3) is 0.0635. The van der Waals surface area contributed by atoms with Gasteiger partial charge in [-0.3, -0.25) is 9.97 Å². The number of fused-ring (bicyclic) bond motifs is 1. The van der Waals surface area contributed by atoms with Crippen LogP contribution in [0.4, 0.5) is 0 Å².